The van der Waals surface area contributed by atoms with Gasteiger partial charge in [-0.05, 0) is 110 Å². The van der Waals surface area contributed by atoms with Gasteiger partial charge in [0.15, 0.2) is 0 Å². The minimum atomic E-state index is -0.0480. The van der Waals surface area contributed by atoms with Crippen molar-refractivity contribution < 1.29 is 5.11 Å². The van der Waals surface area contributed by atoms with Crippen molar-refractivity contribution in [3.8, 4) is 0 Å². The summed E-state index contributed by atoms with van der Waals surface area (Å²) in [5.41, 5.74) is 2.79. The number of hydrogen-bond acceptors (Lipinski definition) is 1. The Bertz CT molecular complexity index is 674. The van der Waals surface area contributed by atoms with E-state index in [9.17, 15) is 5.11 Å². The number of aliphatic hydroxyl groups is 1. The van der Waals surface area contributed by atoms with E-state index in [2.05, 4.69) is 59.8 Å². The summed E-state index contributed by atoms with van der Waals surface area (Å²) in [6, 6.07) is 0. The lowest BCUT2D eigenvalue weighted by molar-refractivity contribution is -0.0414. The molecule has 1 heteroatoms. The van der Waals surface area contributed by atoms with Crippen LogP contribution >= 0.6 is 0 Å². The summed E-state index contributed by atoms with van der Waals surface area (Å²) < 4.78 is 0. The van der Waals surface area contributed by atoms with Gasteiger partial charge in [-0.3, -0.25) is 0 Å². The molecule has 0 saturated heterocycles. The molecule has 170 valence electrons. The normalized spacial score (nSPS) is 45.6. The molecule has 4 aliphatic rings. The van der Waals surface area contributed by atoms with Gasteiger partial charge in [-0.1, -0.05) is 65.3 Å². The third kappa shape index (κ3) is 3.66. The van der Waals surface area contributed by atoms with Crippen LogP contribution in [0.5, 0.6) is 0 Å². The maximum Gasteiger partial charge on any atom is 0.0543 e. The second kappa shape index (κ2) is 8.42. The Labute approximate surface area is 186 Å². The van der Waals surface area contributed by atoms with E-state index in [1.54, 1.807) is 0 Å². The molecule has 0 aromatic carbocycles. The highest BCUT2D eigenvalue weighted by Crippen LogP contribution is 2.66. The first-order valence-corrected chi connectivity index (χ1v) is 13.3. The number of aliphatic hydroxyl groups excluding tert-OH is 1. The summed E-state index contributed by atoms with van der Waals surface area (Å²) >= 11 is 0. The van der Waals surface area contributed by atoms with E-state index in [0.29, 0.717) is 22.7 Å². The van der Waals surface area contributed by atoms with Crippen LogP contribution in [0.1, 0.15) is 99.3 Å². The van der Waals surface area contributed by atoms with Crippen molar-refractivity contribution in [3.05, 3.63) is 23.8 Å². The molecule has 4 rings (SSSR count). The first-order valence-electron chi connectivity index (χ1n) is 13.3. The van der Waals surface area contributed by atoms with Crippen LogP contribution in [-0.2, 0) is 0 Å². The maximum atomic E-state index is 10.3. The van der Waals surface area contributed by atoms with Gasteiger partial charge >= 0.3 is 0 Å². The fourth-order valence-corrected chi connectivity index (χ4v) is 8.68. The van der Waals surface area contributed by atoms with Crippen molar-refractivity contribution in [1.29, 1.82) is 0 Å². The van der Waals surface area contributed by atoms with Crippen LogP contribution in [0.2, 0.25) is 0 Å². The highest BCUT2D eigenvalue weighted by molar-refractivity contribution is 5.28. The summed E-state index contributed by atoms with van der Waals surface area (Å²) in [6.07, 6.45) is 19.2. The van der Waals surface area contributed by atoms with Crippen LogP contribution < -0.4 is 0 Å². The summed E-state index contributed by atoms with van der Waals surface area (Å²) in [5, 5.41) is 10.3. The van der Waals surface area contributed by atoms with Crippen LogP contribution in [0.25, 0.3) is 0 Å². The van der Waals surface area contributed by atoms with Crippen molar-refractivity contribution in [1.82, 2.24) is 0 Å². The van der Waals surface area contributed by atoms with Gasteiger partial charge in [-0.2, -0.15) is 0 Å². The molecule has 3 fully saturated rings. The van der Waals surface area contributed by atoms with Crippen LogP contribution in [0.3, 0.4) is 0 Å². The molecule has 0 aromatic heterocycles. The minimum absolute atomic E-state index is 0.0480. The monoisotopic (exact) mass is 412 g/mol. The quantitative estimate of drug-likeness (QED) is 0.457. The lowest BCUT2D eigenvalue weighted by Crippen LogP contribution is -2.49. The molecular formula is C29H48O. The van der Waals surface area contributed by atoms with Crippen molar-refractivity contribution >= 4 is 0 Å². The van der Waals surface area contributed by atoms with Crippen molar-refractivity contribution in [2.75, 3.05) is 0 Å². The first kappa shape index (κ1) is 22.6. The molecule has 3 saturated carbocycles. The lowest BCUT2D eigenvalue weighted by atomic mass is 9.47. The zero-order valence-corrected chi connectivity index (χ0v) is 20.7. The van der Waals surface area contributed by atoms with Crippen LogP contribution in [0.15, 0.2) is 23.8 Å². The lowest BCUT2D eigenvalue weighted by Gasteiger charge is -2.57. The second-order valence-corrected chi connectivity index (χ2v) is 12.5. The van der Waals surface area contributed by atoms with Gasteiger partial charge in [0.25, 0.3) is 0 Å². The molecule has 0 amide bonds. The van der Waals surface area contributed by atoms with Gasteiger partial charge in [0.1, 0.15) is 0 Å². The number of allylic oxidation sites excluding steroid dienone is 4. The summed E-state index contributed by atoms with van der Waals surface area (Å²) in [5.74, 6) is 5.32. The molecular weight excluding hydrogens is 364 g/mol. The van der Waals surface area contributed by atoms with E-state index in [-0.39, 0.29) is 6.10 Å². The van der Waals surface area contributed by atoms with E-state index in [0.717, 1.165) is 42.4 Å². The SMILES string of the molecule is CC[C@H](/C=C/[C@@H](C)[C@@H]1CC[C@@H]2C3=CC[C@H]4C[C@@H](O)CC[C@]4(C)[C@@H]3CC[C@@]21C)C(C)C. The van der Waals surface area contributed by atoms with Crippen LogP contribution in [-0.4, -0.2) is 11.2 Å². The van der Waals surface area contributed by atoms with E-state index < -0.39 is 0 Å². The molecule has 0 aromatic rings. The molecule has 0 spiro atoms. The third-order valence-electron chi connectivity index (χ3n) is 10.7. The molecule has 0 unspecified atom stereocenters. The van der Waals surface area contributed by atoms with Crippen LogP contribution in [0.4, 0.5) is 0 Å². The third-order valence-corrected chi connectivity index (χ3v) is 10.7. The van der Waals surface area contributed by atoms with Gasteiger partial charge in [0.2, 0.25) is 0 Å². The van der Waals surface area contributed by atoms with Gasteiger partial charge in [-0.25, -0.2) is 0 Å². The number of rotatable bonds is 5. The highest BCUT2D eigenvalue weighted by atomic mass is 16.3. The summed E-state index contributed by atoms with van der Waals surface area (Å²) in [7, 11) is 0. The fraction of sp³-hybridized carbons (Fsp3) is 0.862. The Hall–Kier alpha value is -0.560. The number of fused-ring (bicyclic) bond motifs is 5. The molecule has 1 N–H and O–H groups in total. The van der Waals surface area contributed by atoms with Crippen LogP contribution in [0, 0.1) is 52.3 Å². The van der Waals surface area contributed by atoms with Crippen molar-refractivity contribution in [2.24, 2.45) is 52.3 Å². The molecule has 4 aliphatic carbocycles. The zero-order chi connectivity index (χ0) is 21.7. The topological polar surface area (TPSA) is 20.2 Å². The summed E-state index contributed by atoms with van der Waals surface area (Å²) in [6.45, 7) is 14.8. The fourth-order valence-electron chi connectivity index (χ4n) is 8.68. The molecule has 9 atom stereocenters. The average Bonchev–Trinajstić information content (AvgIpc) is 3.06. The van der Waals surface area contributed by atoms with Gasteiger partial charge in [-0.15, -0.1) is 0 Å². The minimum Gasteiger partial charge on any atom is -0.393 e. The van der Waals surface area contributed by atoms with E-state index in [1.807, 2.05) is 5.57 Å². The van der Waals surface area contributed by atoms with E-state index >= 15 is 0 Å². The smallest absolute Gasteiger partial charge is 0.0543 e. The molecule has 30 heavy (non-hydrogen) atoms. The molecule has 1 nitrogen and oxygen atoms in total. The Kier molecular flexibility index (Phi) is 6.35. The van der Waals surface area contributed by atoms with Crippen molar-refractivity contribution in [2.45, 2.75) is 105 Å². The van der Waals surface area contributed by atoms with Gasteiger partial charge < -0.3 is 5.11 Å². The largest absolute Gasteiger partial charge is 0.393 e. The van der Waals surface area contributed by atoms with Gasteiger partial charge in [0, 0.05) is 0 Å². The maximum absolute atomic E-state index is 10.3. The molecule has 0 radical (unpaired) electrons. The Morgan fingerprint density at radius 1 is 1.00 bits per heavy atom. The first-order chi connectivity index (χ1) is 14.2. The molecule has 0 heterocycles. The highest BCUT2D eigenvalue weighted by Gasteiger charge is 2.57. The molecule has 0 aliphatic heterocycles. The van der Waals surface area contributed by atoms with E-state index in [4.69, 9.17) is 0 Å². The predicted molar refractivity (Wildman–Crippen MR) is 128 cm³/mol. The number of hydrogen-bond donors (Lipinski definition) is 1. The zero-order valence-electron chi connectivity index (χ0n) is 20.7. The molecule has 0 bridgehead atoms. The Balaban J connectivity index is 1.53. The van der Waals surface area contributed by atoms with E-state index in [1.165, 1.54) is 44.9 Å². The van der Waals surface area contributed by atoms with Gasteiger partial charge in [0.05, 0.1) is 6.10 Å². The predicted octanol–water partition coefficient (Wildman–Crippen LogP) is 7.80. The van der Waals surface area contributed by atoms with Crippen molar-refractivity contribution in [3.63, 3.8) is 0 Å². The second-order valence-electron chi connectivity index (χ2n) is 12.5. The Morgan fingerprint density at radius 2 is 1.70 bits per heavy atom. The summed E-state index contributed by atoms with van der Waals surface area (Å²) in [4.78, 5) is 0. The average molecular weight is 413 g/mol. The standard InChI is InChI=1S/C29H48O/c1-7-21(19(2)3)9-8-20(4)25-12-13-26-24-11-10-22-18-23(30)14-16-28(22,5)27(24)15-17-29(25,26)6/h8-9,11,19-23,25-27,30H,7,10,12-18H2,1-6H3/b9-8+/t20-,21-,22+,23+,25+,26-,27-,28+,29-/m1/s1. The Morgan fingerprint density at radius 3 is 2.40 bits per heavy atom.